The van der Waals surface area contributed by atoms with Crippen LogP contribution in [0.5, 0.6) is 0 Å². The zero-order valence-corrected chi connectivity index (χ0v) is 10.6. The Balaban J connectivity index is 1.88. The van der Waals surface area contributed by atoms with Crippen molar-refractivity contribution in [3.8, 4) is 0 Å². The van der Waals surface area contributed by atoms with Gasteiger partial charge in [0.1, 0.15) is 0 Å². The molecule has 98 valence electrons. The van der Waals surface area contributed by atoms with E-state index in [9.17, 15) is 9.90 Å². The van der Waals surface area contributed by atoms with E-state index < -0.39 is 5.60 Å². The summed E-state index contributed by atoms with van der Waals surface area (Å²) in [5.41, 5.74) is 0.968. The monoisotopic (exact) mass is 249 g/mol. The van der Waals surface area contributed by atoms with Crippen molar-refractivity contribution in [2.45, 2.75) is 31.5 Å². The number of carbonyl (C=O) groups is 1. The van der Waals surface area contributed by atoms with Gasteiger partial charge in [0.05, 0.1) is 12.2 Å². The maximum atomic E-state index is 11.8. The summed E-state index contributed by atoms with van der Waals surface area (Å²) in [6.07, 6.45) is 2.60. The number of hydrogen-bond donors (Lipinski definition) is 2. The minimum atomic E-state index is -0.675. The Labute approximate surface area is 107 Å². The van der Waals surface area contributed by atoms with Crippen molar-refractivity contribution in [2.75, 3.05) is 13.7 Å². The lowest BCUT2D eigenvalue weighted by Gasteiger charge is -2.36. The minimum Gasteiger partial charge on any atom is -0.388 e. The molecule has 0 bridgehead atoms. The van der Waals surface area contributed by atoms with Gasteiger partial charge in [-0.05, 0) is 37.0 Å². The molecule has 1 amide bonds. The second-order valence-electron chi connectivity index (χ2n) is 4.89. The first kappa shape index (κ1) is 13.1. The zero-order chi connectivity index (χ0) is 13.0. The predicted octanol–water partition coefficient (Wildman–Crippen LogP) is 1.48. The van der Waals surface area contributed by atoms with Gasteiger partial charge in [0.15, 0.2) is 0 Å². The van der Waals surface area contributed by atoms with Crippen LogP contribution in [0.15, 0.2) is 24.3 Å². The normalized spacial score (nSPS) is 17.0. The van der Waals surface area contributed by atoms with Gasteiger partial charge >= 0.3 is 0 Å². The summed E-state index contributed by atoms with van der Waals surface area (Å²) >= 11 is 0. The summed E-state index contributed by atoms with van der Waals surface area (Å²) in [7, 11) is 1.64. The van der Waals surface area contributed by atoms with E-state index in [1.165, 1.54) is 0 Å². The van der Waals surface area contributed by atoms with Gasteiger partial charge in [-0.3, -0.25) is 4.79 Å². The maximum Gasteiger partial charge on any atom is 0.251 e. The van der Waals surface area contributed by atoms with E-state index in [4.69, 9.17) is 4.74 Å². The van der Waals surface area contributed by atoms with Gasteiger partial charge in [-0.25, -0.2) is 0 Å². The molecule has 0 unspecified atom stereocenters. The highest BCUT2D eigenvalue weighted by Crippen LogP contribution is 2.30. The van der Waals surface area contributed by atoms with Crippen LogP contribution in [-0.2, 0) is 11.3 Å². The number of carbonyl (C=O) groups excluding carboxylic acids is 1. The fourth-order valence-electron chi connectivity index (χ4n) is 2.03. The van der Waals surface area contributed by atoms with Crippen LogP contribution in [0.3, 0.4) is 0 Å². The molecule has 1 aliphatic carbocycles. The van der Waals surface area contributed by atoms with Crippen LogP contribution in [0.1, 0.15) is 35.2 Å². The molecule has 1 fully saturated rings. The number of rotatable bonds is 5. The molecule has 4 heteroatoms. The largest absolute Gasteiger partial charge is 0.388 e. The molecule has 2 N–H and O–H groups in total. The van der Waals surface area contributed by atoms with E-state index in [1.807, 2.05) is 12.1 Å². The van der Waals surface area contributed by atoms with Gasteiger partial charge in [0.25, 0.3) is 5.91 Å². The van der Waals surface area contributed by atoms with Crippen LogP contribution in [0.4, 0.5) is 0 Å². The average molecular weight is 249 g/mol. The SMILES string of the molecule is COCc1ccc(C(=O)NCC2(O)CCC2)cc1. The summed E-state index contributed by atoms with van der Waals surface area (Å²) in [6, 6.07) is 7.29. The first-order valence-electron chi connectivity index (χ1n) is 6.21. The Morgan fingerprint density at radius 2 is 2.06 bits per heavy atom. The molecule has 1 aliphatic rings. The summed E-state index contributed by atoms with van der Waals surface area (Å²) in [4.78, 5) is 11.8. The van der Waals surface area contributed by atoms with Crippen LogP contribution in [0.25, 0.3) is 0 Å². The van der Waals surface area contributed by atoms with Crippen molar-refractivity contribution in [1.82, 2.24) is 5.32 Å². The molecule has 0 radical (unpaired) electrons. The van der Waals surface area contributed by atoms with Gasteiger partial charge in [0, 0.05) is 19.2 Å². The summed E-state index contributed by atoms with van der Waals surface area (Å²) in [6.45, 7) is 0.882. The molecule has 0 aliphatic heterocycles. The first-order valence-corrected chi connectivity index (χ1v) is 6.21. The highest BCUT2D eigenvalue weighted by Gasteiger charge is 2.34. The van der Waals surface area contributed by atoms with Crippen molar-refractivity contribution in [3.05, 3.63) is 35.4 Å². The fraction of sp³-hybridized carbons (Fsp3) is 0.500. The van der Waals surface area contributed by atoms with Gasteiger partial charge in [-0.1, -0.05) is 12.1 Å². The van der Waals surface area contributed by atoms with Crippen molar-refractivity contribution in [1.29, 1.82) is 0 Å². The number of nitrogens with one attached hydrogen (secondary N) is 1. The standard InChI is InChI=1S/C14H19NO3/c1-18-9-11-3-5-12(6-4-11)13(16)15-10-14(17)7-2-8-14/h3-6,17H,2,7-10H2,1H3,(H,15,16). The summed E-state index contributed by atoms with van der Waals surface area (Å²) in [5, 5.41) is 12.7. The molecule has 0 heterocycles. The topological polar surface area (TPSA) is 58.6 Å². The molecule has 1 aromatic rings. The van der Waals surface area contributed by atoms with Crippen LogP contribution >= 0.6 is 0 Å². The number of amides is 1. The molecule has 0 saturated heterocycles. The van der Waals surface area contributed by atoms with Crippen LogP contribution < -0.4 is 5.32 Å². The Kier molecular flexibility index (Phi) is 3.99. The Hall–Kier alpha value is -1.39. The van der Waals surface area contributed by atoms with Gasteiger partial charge in [-0.2, -0.15) is 0 Å². The number of methoxy groups -OCH3 is 1. The molecule has 1 saturated carbocycles. The predicted molar refractivity (Wildman–Crippen MR) is 68.3 cm³/mol. The van der Waals surface area contributed by atoms with Crippen molar-refractivity contribution in [2.24, 2.45) is 0 Å². The molecule has 1 aromatic carbocycles. The lowest BCUT2D eigenvalue weighted by molar-refractivity contribution is -0.0300. The second-order valence-corrected chi connectivity index (χ2v) is 4.89. The van der Waals surface area contributed by atoms with Gasteiger partial charge < -0.3 is 15.2 Å². The molecule has 2 rings (SSSR count). The summed E-state index contributed by atoms with van der Waals surface area (Å²) in [5.74, 6) is -0.140. The lowest BCUT2D eigenvalue weighted by Crippen LogP contribution is -2.47. The average Bonchev–Trinajstić information content (AvgIpc) is 2.35. The smallest absolute Gasteiger partial charge is 0.251 e. The second kappa shape index (κ2) is 5.50. The van der Waals surface area contributed by atoms with Gasteiger partial charge in [0.2, 0.25) is 0 Å². The van der Waals surface area contributed by atoms with Crippen LogP contribution in [0, 0.1) is 0 Å². The highest BCUT2D eigenvalue weighted by atomic mass is 16.5. The number of ether oxygens (including phenoxy) is 1. The molecule has 4 nitrogen and oxygen atoms in total. The number of hydrogen-bond acceptors (Lipinski definition) is 3. The van der Waals surface area contributed by atoms with E-state index >= 15 is 0 Å². The van der Waals surface area contributed by atoms with Crippen molar-refractivity contribution < 1.29 is 14.6 Å². The third-order valence-electron chi connectivity index (χ3n) is 3.39. The molecule has 0 atom stereocenters. The summed E-state index contributed by atoms with van der Waals surface area (Å²) < 4.78 is 5.01. The van der Waals surface area contributed by atoms with E-state index in [1.54, 1.807) is 19.2 Å². The lowest BCUT2D eigenvalue weighted by atomic mass is 9.80. The molecule has 18 heavy (non-hydrogen) atoms. The Morgan fingerprint density at radius 3 is 2.56 bits per heavy atom. The maximum absolute atomic E-state index is 11.8. The van der Waals surface area contributed by atoms with Crippen molar-refractivity contribution in [3.63, 3.8) is 0 Å². The third kappa shape index (κ3) is 3.09. The minimum absolute atomic E-state index is 0.140. The quantitative estimate of drug-likeness (QED) is 0.831. The molecular weight excluding hydrogens is 230 g/mol. The Morgan fingerprint density at radius 1 is 1.39 bits per heavy atom. The number of benzene rings is 1. The third-order valence-corrected chi connectivity index (χ3v) is 3.39. The van der Waals surface area contributed by atoms with Crippen LogP contribution in [-0.4, -0.2) is 30.3 Å². The Bertz CT molecular complexity index is 410. The van der Waals surface area contributed by atoms with E-state index in [0.717, 1.165) is 24.8 Å². The van der Waals surface area contributed by atoms with Crippen molar-refractivity contribution >= 4 is 5.91 Å². The van der Waals surface area contributed by atoms with Gasteiger partial charge in [-0.15, -0.1) is 0 Å². The molecular formula is C14H19NO3. The fourth-order valence-corrected chi connectivity index (χ4v) is 2.03. The zero-order valence-electron chi connectivity index (χ0n) is 10.6. The highest BCUT2D eigenvalue weighted by molar-refractivity contribution is 5.94. The van der Waals surface area contributed by atoms with E-state index in [2.05, 4.69) is 5.32 Å². The van der Waals surface area contributed by atoms with Crippen LogP contribution in [0.2, 0.25) is 0 Å². The van der Waals surface area contributed by atoms with E-state index in [0.29, 0.717) is 18.7 Å². The molecule has 0 spiro atoms. The first-order chi connectivity index (χ1) is 8.63. The number of aliphatic hydroxyl groups is 1. The van der Waals surface area contributed by atoms with E-state index in [-0.39, 0.29) is 5.91 Å². The molecule has 0 aromatic heterocycles.